The molecule has 37 heavy (non-hydrogen) atoms. The van der Waals surface area contributed by atoms with Crippen molar-refractivity contribution < 1.29 is 26.7 Å². The van der Waals surface area contributed by atoms with E-state index in [1.807, 2.05) is 27.0 Å². The van der Waals surface area contributed by atoms with E-state index in [1.165, 1.54) is 0 Å². The van der Waals surface area contributed by atoms with Gasteiger partial charge in [-0.05, 0) is 34.7 Å². The Morgan fingerprint density at radius 3 is 2.51 bits per heavy atom. The smallest absolute Gasteiger partial charge is 0.322 e. The van der Waals surface area contributed by atoms with Crippen molar-refractivity contribution in [2.45, 2.75) is 51.4 Å². The molecule has 2 N–H and O–H groups in total. The third kappa shape index (κ3) is 7.68. The fourth-order valence-corrected chi connectivity index (χ4v) is 3.77. The Morgan fingerprint density at radius 2 is 1.89 bits per heavy atom. The molecule has 0 aliphatic heterocycles. The highest BCUT2D eigenvalue weighted by Gasteiger charge is 2.30. The zero-order chi connectivity index (χ0) is 27.4. The van der Waals surface area contributed by atoms with E-state index in [0.29, 0.717) is 16.7 Å². The van der Waals surface area contributed by atoms with Crippen LogP contribution in [0.4, 0.5) is 27.6 Å². The summed E-state index contributed by atoms with van der Waals surface area (Å²) in [4.78, 5) is 25.7. The molecule has 0 saturated heterocycles. The molecule has 0 atom stereocenters. The van der Waals surface area contributed by atoms with Crippen LogP contribution in [0.5, 0.6) is 0 Å². The molecular weight excluding hydrogens is 499 g/mol. The van der Waals surface area contributed by atoms with Crippen LogP contribution in [-0.2, 0) is 32.0 Å². The molecule has 13 heteroatoms. The quantitative estimate of drug-likeness (QED) is 0.394. The second-order valence-electron chi connectivity index (χ2n) is 9.29. The number of amides is 1. The molecule has 3 rings (SSSR count). The molecule has 0 spiro atoms. The second-order valence-corrected chi connectivity index (χ2v) is 9.29. The lowest BCUT2D eigenvalue weighted by Gasteiger charge is -2.25. The number of aryl methyl sites for hydroxylation is 1. The van der Waals surface area contributed by atoms with Crippen molar-refractivity contribution in [2.24, 2.45) is 7.05 Å². The van der Waals surface area contributed by atoms with Gasteiger partial charge in [0.1, 0.15) is 24.3 Å². The predicted molar refractivity (Wildman–Crippen MR) is 127 cm³/mol. The highest BCUT2D eigenvalue weighted by atomic mass is 19.4. The molecule has 8 nitrogen and oxygen atoms in total. The largest absolute Gasteiger partial charge is 0.406 e. The number of carbonyl (C=O) groups is 1. The number of hydrogen-bond acceptors (Lipinski definition) is 5. The van der Waals surface area contributed by atoms with Gasteiger partial charge in [0.2, 0.25) is 0 Å². The van der Waals surface area contributed by atoms with Gasteiger partial charge >= 0.3 is 6.18 Å². The molecule has 1 aromatic carbocycles. The fraction of sp³-hybridized carbons (Fsp3) is 0.417. The van der Waals surface area contributed by atoms with Crippen molar-refractivity contribution in [3.8, 4) is 0 Å². The summed E-state index contributed by atoms with van der Waals surface area (Å²) in [7, 11) is 1.82. The van der Waals surface area contributed by atoms with Gasteiger partial charge in [-0.1, -0.05) is 26.0 Å². The van der Waals surface area contributed by atoms with Crippen molar-refractivity contribution in [1.82, 2.24) is 24.6 Å². The van der Waals surface area contributed by atoms with E-state index in [-0.39, 0.29) is 12.1 Å². The van der Waals surface area contributed by atoms with Gasteiger partial charge in [0.05, 0.1) is 6.54 Å². The Bertz CT molecular complexity index is 1300. The van der Waals surface area contributed by atoms with Gasteiger partial charge in [0.15, 0.2) is 0 Å². The lowest BCUT2D eigenvalue weighted by molar-refractivity contribution is -0.141. The minimum Gasteiger partial charge on any atom is -0.322 e. The summed E-state index contributed by atoms with van der Waals surface area (Å²) in [6, 6.07) is 7.96. The van der Waals surface area contributed by atoms with E-state index in [1.54, 1.807) is 29.1 Å². The van der Waals surface area contributed by atoms with Gasteiger partial charge in [-0.25, -0.2) is 8.78 Å². The minimum atomic E-state index is -4.73. The standard InChI is InChI=1S/C24H27F5N6O2/c1-23(2,9-20-33-31-14-34(20)3)16-5-4-6-17(8-16)32-21(36)18-7-15(10-30-11-19(25)26)12-35(22(18)37)13-24(27,28)29/h4-8,12,14,19,30H,9-11,13H2,1-3H3,(H,32,36). The summed E-state index contributed by atoms with van der Waals surface area (Å²) in [5.74, 6) is -0.165. The van der Waals surface area contributed by atoms with E-state index >= 15 is 0 Å². The van der Waals surface area contributed by atoms with Crippen LogP contribution in [0.15, 0.2) is 47.7 Å². The Morgan fingerprint density at radius 1 is 1.16 bits per heavy atom. The average molecular weight is 527 g/mol. The predicted octanol–water partition coefficient (Wildman–Crippen LogP) is 3.67. The summed E-state index contributed by atoms with van der Waals surface area (Å²) >= 11 is 0. The minimum absolute atomic E-state index is 0.0770. The molecular formula is C24H27F5N6O2. The summed E-state index contributed by atoms with van der Waals surface area (Å²) < 4.78 is 66.1. The molecule has 0 aliphatic rings. The van der Waals surface area contributed by atoms with Crippen LogP contribution in [0.3, 0.4) is 0 Å². The average Bonchev–Trinajstić information content (AvgIpc) is 3.18. The number of carbonyl (C=O) groups excluding carboxylic acids is 1. The van der Waals surface area contributed by atoms with E-state index in [9.17, 15) is 31.5 Å². The highest BCUT2D eigenvalue weighted by molar-refractivity contribution is 6.04. The number of aromatic nitrogens is 4. The molecule has 0 fully saturated rings. The zero-order valence-corrected chi connectivity index (χ0v) is 20.4. The molecule has 1 amide bonds. The molecule has 200 valence electrons. The van der Waals surface area contributed by atoms with Crippen LogP contribution in [-0.4, -0.2) is 44.4 Å². The lowest BCUT2D eigenvalue weighted by atomic mass is 9.81. The fourth-order valence-electron chi connectivity index (χ4n) is 3.77. The molecule has 0 saturated carbocycles. The third-order valence-corrected chi connectivity index (χ3v) is 5.67. The number of halogens is 5. The van der Waals surface area contributed by atoms with Crippen molar-refractivity contribution in [3.63, 3.8) is 0 Å². The summed E-state index contributed by atoms with van der Waals surface area (Å²) in [6.07, 6.45) is -4.37. The third-order valence-electron chi connectivity index (χ3n) is 5.67. The summed E-state index contributed by atoms with van der Waals surface area (Å²) in [6.45, 7) is 1.38. The molecule has 0 aliphatic carbocycles. The molecule has 2 aromatic heterocycles. The molecule has 0 bridgehead atoms. The first-order valence-corrected chi connectivity index (χ1v) is 11.3. The highest BCUT2D eigenvalue weighted by Crippen LogP contribution is 2.29. The van der Waals surface area contributed by atoms with Crippen LogP contribution >= 0.6 is 0 Å². The molecule has 3 aromatic rings. The lowest BCUT2D eigenvalue weighted by Crippen LogP contribution is -2.34. The van der Waals surface area contributed by atoms with Crippen molar-refractivity contribution in [1.29, 1.82) is 0 Å². The summed E-state index contributed by atoms with van der Waals surface area (Å²) in [5, 5.41) is 12.9. The van der Waals surface area contributed by atoms with E-state index in [2.05, 4.69) is 20.8 Å². The first-order chi connectivity index (χ1) is 17.2. The first-order valence-electron chi connectivity index (χ1n) is 11.3. The van der Waals surface area contributed by atoms with E-state index < -0.39 is 48.1 Å². The molecule has 0 radical (unpaired) electrons. The number of benzene rings is 1. The Labute approximate surface area is 209 Å². The number of alkyl halides is 5. The Balaban J connectivity index is 1.87. The number of hydrogen-bond donors (Lipinski definition) is 2. The number of pyridine rings is 1. The zero-order valence-electron chi connectivity index (χ0n) is 20.4. The van der Waals surface area contributed by atoms with Gasteiger partial charge in [0.25, 0.3) is 17.9 Å². The molecule has 0 unspecified atom stereocenters. The normalized spacial score (nSPS) is 12.2. The van der Waals surface area contributed by atoms with Gasteiger partial charge in [-0.2, -0.15) is 13.2 Å². The van der Waals surface area contributed by atoms with Crippen molar-refractivity contribution in [2.75, 3.05) is 11.9 Å². The van der Waals surface area contributed by atoms with Crippen LogP contribution < -0.4 is 16.2 Å². The maximum Gasteiger partial charge on any atom is 0.406 e. The first kappa shape index (κ1) is 28.0. The van der Waals surface area contributed by atoms with Crippen LogP contribution in [0.1, 0.15) is 41.2 Å². The Hall–Kier alpha value is -3.61. The van der Waals surface area contributed by atoms with E-state index in [4.69, 9.17) is 0 Å². The van der Waals surface area contributed by atoms with Gasteiger partial charge in [-0.3, -0.25) is 9.59 Å². The second kappa shape index (κ2) is 11.2. The monoisotopic (exact) mass is 526 g/mol. The number of nitrogens with zero attached hydrogens (tertiary/aromatic N) is 4. The topological polar surface area (TPSA) is 93.8 Å². The Kier molecular flexibility index (Phi) is 8.46. The van der Waals surface area contributed by atoms with Gasteiger partial charge < -0.3 is 19.8 Å². The van der Waals surface area contributed by atoms with Crippen LogP contribution in [0.25, 0.3) is 0 Å². The van der Waals surface area contributed by atoms with E-state index in [0.717, 1.165) is 23.7 Å². The maximum absolute atomic E-state index is 13.0. The molecule has 2 heterocycles. The maximum atomic E-state index is 13.0. The van der Waals surface area contributed by atoms with Crippen molar-refractivity contribution in [3.05, 3.63) is 75.7 Å². The van der Waals surface area contributed by atoms with Crippen LogP contribution in [0, 0.1) is 0 Å². The number of rotatable bonds is 10. The van der Waals surface area contributed by atoms with Gasteiger partial charge in [-0.15, -0.1) is 10.2 Å². The SMILES string of the molecule is Cn1cnnc1CC(C)(C)c1cccc(NC(=O)c2cc(CNCC(F)F)cn(CC(F)(F)F)c2=O)c1. The van der Waals surface area contributed by atoms with Gasteiger partial charge in [0, 0.05) is 31.9 Å². The number of nitrogens with one attached hydrogen (secondary N) is 2. The summed E-state index contributed by atoms with van der Waals surface area (Å²) in [5.41, 5.74) is -0.856. The number of anilines is 1. The van der Waals surface area contributed by atoms with Crippen molar-refractivity contribution >= 4 is 11.6 Å². The van der Waals surface area contributed by atoms with Crippen LogP contribution in [0.2, 0.25) is 0 Å².